The zero-order valence-electron chi connectivity index (χ0n) is 7.25. The third kappa shape index (κ3) is 1.71. The van der Waals surface area contributed by atoms with Crippen molar-refractivity contribution in [1.29, 1.82) is 0 Å². The summed E-state index contributed by atoms with van der Waals surface area (Å²) in [5.41, 5.74) is 11.3. The van der Waals surface area contributed by atoms with Crippen molar-refractivity contribution in [1.82, 2.24) is 0 Å². The summed E-state index contributed by atoms with van der Waals surface area (Å²) in [4.78, 5) is 4.30. The Bertz CT molecular complexity index is 165. The Balaban J connectivity index is 2.69. The van der Waals surface area contributed by atoms with Gasteiger partial charge in [-0.25, -0.2) is 0 Å². The normalized spacial score (nSPS) is 38.5. The summed E-state index contributed by atoms with van der Waals surface area (Å²) in [6.45, 7) is 4.99. The number of hydrogen-bond acceptors (Lipinski definition) is 3. The van der Waals surface area contributed by atoms with Crippen LogP contribution >= 0.6 is 0 Å². The molecule has 1 heterocycles. The van der Waals surface area contributed by atoms with Crippen LogP contribution in [0.25, 0.3) is 0 Å². The average Bonchev–Trinajstić information content (AvgIpc) is 1.85. The van der Waals surface area contributed by atoms with Crippen LogP contribution in [0.1, 0.15) is 20.3 Å². The molecule has 3 unspecified atom stereocenters. The second-order valence-electron chi connectivity index (χ2n) is 3.44. The Morgan fingerprint density at radius 3 is 2.64 bits per heavy atom. The number of hydrogen-bond donors (Lipinski definition) is 2. The molecule has 0 aliphatic carbocycles. The van der Waals surface area contributed by atoms with Gasteiger partial charge in [0.25, 0.3) is 0 Å². The molecule has 1 aliphatic heterocycles. The van der Waals surface area contributed by atoms with E-state index in [2.05, 4.69) is 18.8 Å². The molecule has 11 heavy (non-hydrogen) atoms. The fraction of sp³-hybridized carbons (Fsp3) is 0.875. The van der Waals surface area contributed by atoms with E-state index in [9.17, 15) is 0 Å². The van der Waals surface area contributed by atoms with Crippen molar-refractivity contribution in [2.75, 3.05) is 6.54 Å². The van der Waals surface area contributed by atoms with Crippen molar-refractivity contribution >= 4 is 5.84 Å². The first kappa shape index (κ1) is 8.53. The molecule has 0 fully saturated rings. The maximum atomic E-state index is 5.64. The van der Waals surface area contributed by atoms with Gasteiger partial charge < -0.3 is 11.5 Å². The second-order valence-corrected chi connectivity index (χ2v) is 3.44. The van der Waals surface area contributed by atoms with Crippen LogP contribution in [0.15, 0.2) is 4.99 Å². The third-order valence-electron chi connectivity index (χ3n) is 2.52. The summed E-state index contributed by atoms with van der Waals surface area (Å²) in [6, 6.07) is 0.309. The predicted molar refractivity (Wildman–Crippen MR) is 47.4 cm³/mol. The highest BCUT2D eigenvalue weighted by molar-refractivity contribution is 5.81. The summed E-state index contributed by atoms with van der Waals surface area (Å²) in [6.07, 6.45) is 0.909. The van der Waals surface area contributed by atoms with Crippen molar-refractivity contribution in [3.63, 3.8) is 0 Å². The van der Waals surface area contributed by atoms with E-state index < -0.39 is 0 Å². The van der Waals surface area contributed by atoms with E-state index >= 15 is 0 Å². The van der Waals surface area contributed by atoms with Crippen LogP contribution in [0.3, 0.4) is 0 Å². The molecule has 0 aromatic heterocycles. The van der Waals surface area contributed by atoms with Gasteiger partial charge >= 0.3 is 0 Å². The fourth-order valence-electron chi connectivity index (χ4n) is 1.80. The van der Waals surface area contributed by atoms with Gasteiger partial charge in [-0.15, -0.1) is 0 Å². The first-order valence-corrected chi connectivity index (χ1v) is 4.17. The predicted octanol–water partition coefficient (Wildman–Crippen LogP) is 0.347. The lowest BCUT2D eigenvalue weighted by molar-refractivity contribution is 0.311. The third-order valence-corrected chi connectivity index (χ3v) is 2.52. The molecule has 0 spiro atoms. The molecule has 0 saturated heterocycles. The van der Waals surface area contributed by atoms with Gasteiger partial charge in [0.1, 0.15) is 0 Å². The quantitative estimate of drug-likeness (QED) is 0.573. The highest BCUT2D eigenvalue weighted by atomic mass is 14.9. The summed E-state index contributed by atoms with van der Waals surface area (Å²) in [5, 5.41) is 0. The molecule has 3 heteroatoms. The molecule has 0 amide bonds. The minimum Gasteiger partial charge on any atom is -0.387 e. The highest BCUT2D eigenvalue weighted by Crippen LogP contribution is 2.24. The lowest BCUT2D eigenvalue weighted by Gasteiger charge is -2.30. The van der Waals surface area contributed by atoms with Gasteiger partial charge in [0.2, 0.25) is 0 Å². The number of aliphatic imine (C=N–C) groups is 1. The molecule has 0 saturated carbocycles. The molecular formula is C8H17N3. The van der Waals surface area contributed by atoms with Crippen molar-refractivity contribution < 1.29 is 0 Å². The maximum absolute atomic E-state index is 5.64. The lowest BCUT2D eigenvalue weighted by Crippen LogP contribution is -2.38. The zero-order valence-corrected chi connectivity index (χ0v) is 7.25. The summed E-state index contributed by atoms with van der Waals surface area (Å²) >= 11 is 0. The zero-order chi connectivity index (χ0) is 8.43. The van der Waals surface area contributed by atoms with E-state index in [1.807, 2.05) is 0 Å². The van der Waals surface area contributed by atoms with Crippen LogP contribution in [0.2, 0.25) is 0 Å². The van der Waals surface area contributed by atoms with E-state index in [1.165, 1.54) is 0 Å². The Morgan fingerprint density at radius 2 is 2.18 bits per heavy atom. The Kier molecular flexibility index (Phi) is 2.49. The SMILES string of the molecule is CC1CC(N)=NC(C)C1CN. The molecule has 0 aromatic carbocycles. The van der Waals surface area contributed by atoms with E-state index in [1.54, 1.807) is 0 Å². The molecule has 1 rings (SSSR count). The maximum Gasteiger partial charge on any atom is 0.0943 e. The standard InChI is InChI=1S/C8H17N3/c1-5-3-8(10)11-6(2)7(5)4-9/h5-7H,3-4,9H2,1-2H3,(H2,10,11). The Morgan fingerprint density at radius 1 is 1.55 bits per heavy atom. The molecule has 1 aliphatic rings. The Hall–Kier alpha value is -0.570. The molecule has 64 valence electrons. The largest absolute Gasteiger partial charge is 0.387 e. The summed E-state index contributed by atoms with van der Waals surface area (Å²) < 4.78 is 0. The lowest BCUT2D eigenvalue weighted by atomic mass is 9.83. The van der Waals surface area contributed by atoms with E-state index in [4.69, 9.17) is 11.5 Å². The fourth-order valence-corrected chi connectivity index (χ4v) is 1.80. The second kappa shape index (κ2) is 3.22. The molecular weight excluding hydrogens is 138 g/mol. The molecule has 0 radical (unpaired) electrons. The minimum atomic E-state index is 0.309. The first-order chi connectivity index (χ1) is 5.15. The molecule has 4 N–H and O–H groups in total. The van der Waals surface area contributed by atoms with Crippen LogP contribution in [0.5, 0.6) is 0 Å². The van der Waals surface area contributed by atoms with E-state index in [-0.39, 0.29) is 0 Å². The topological polar surface area (TPSA) is 64.4 Å². The van der Waals surface area contributed by atoms with Crippen molar-refractivity contribution in [2.24, 2.45) is 28.3 Å². The van der Waals surface area contributed by atoms with Crippen LogP contribution in [0, 0.1) is 11.8 Å². The van der Waals surface area contributed by atoms with Gasteiger partial charge in [-0.3, -0.25) is 4.99 Å². The Labute approximate surface area is 67.9 Å². The van der Waals surface area contributed by atoms with E-state index in [0.717, 1.165) is 18.8 Å². The minimum absolute atomic E-state index is 0.309. The van der Waals surface area contributed by atoms with Crippen LogP contribution in [-0.2, 0) is 0 Å². The summed E-state index contributed by atoms with van der Waals surface area (Å²) in [5.74, 6) is 1.89. The smallest absolute Gasteiger partial charge is 0.0943 e. The van der Waals surface area contributed by atoms with Gasteiger partial charge in [-0.1, -0.05) is 6.92 Å². The van der Waals surface area contributed by atoms with Gasteiger partial charge in [0.05, 0.1) is 11.9 Å². The van der Waals surface area contributed by atoms with Crippen molar-refractivity contribution in [2.45, 2.75) is 26.3 Å². The average molecular weight is 155 g/mol. The molecule has 0 aromatic rings. The molecule has 3 nitrogen and oxygen atoms in total. The van der Waals surface area contributed by atoms with Gasteiger partial charge in [0.15, 0.2) is 0 Å². The number of nitrogens with two attached hydrogens (primary N) is 2. The van der Waals surface area contributed by atoms with Crippen molar-refractivity contribution in [3.05, 3.63) is 0 Å². The molecule has 3 atom stereocenters. The number of rotatable bonds is 1. The van der Waals surface area contributed by atoms with Crippen LogP contribution in [0.4, 0.5) is 0 Å². The van der Waals surface area contributed by atoms with Crippen LogP contribution < -0.4 is 11.5 Å². The number of nitrogens with zero attached hydrogens (tertiary/aromatic N) is 1. The van der Waals surface area contributed by atoms with E-state index in [0.29, 0.717) is 17.9 Å². The van der Waals surface area contributed by atoms with Crippen molar-refractivity contribution in [3.8, 4) is 0 Å². The van der Waals surface area contributed by atoms with Gasteiger partial charge in [-0.2, -0.15) is 0 Å². The number of amidine groups is 1. The first-order valence-electron chi connectivity index (χ1n) is 4.17. The van der Waals surface area contributed by atoms with Gasteiger partial charge in [-0.05, 0) is 25.3 Å². The van der Waals surface area contributed by atoms with Gasteiger partial charge in [0, 0.05) is 6.42 Å². The van der Waals surface area contributed by atoms with Crippen LogP contribution in [-0.4, -0.2) is 18.4 Å². The monoisotopic (exact) mass is 155 g/mol. The molecule has 0 bridgehead atoms. The summed E-state index contributed by atoms with van der Waals surface area (Å²) in [7, 11) is 0. The highest BCUT2D eigenvalue weighted by Gasteiger charge is 2.26.